The minimum Gasteiger partial charge on any atom is -0.367 e. The quantitative estimate of drug-likeness (QED) is 0.656. The molecule has 0 unspecified atom stereocenters. The highest BCUT2D eigenvalue weighted by Crippen LogP contribution is 2.18. The summed E-state index contributed by atoms with van der Waals surface area (Å²) in [5.41, 5.74) is 2.12. The predicted octanol–water partition coefficient (Wildman–Crippen LogP) is 3.85. The van der Waals surface area contributed by atoms with E-state index in [0.717, 1.165) is 15.6 Å². The second kappa shape index (κ2) is 8.60. The van der Waals surface area contributed by atoms with Crippen LogP contribution in [0.25, 0.3) is 0 Å². The lowest BCUT2D eigenvalue weighted by atomic mass is 10.2. The zero-order valence-electron chi connectivity index (χ0n) is 13.6. The van der Waals surface area contributed by atoms with Crippen molar-refractivity contribution < 1.29 is 9.53 Å². The van der Waals surface area contributed by atoms with Crippen molar-refractivity contribution in [3.05, 3.63) is 82.5 Å². The van der Waals surface area contributed by atoms with E-state index in [9.17, 15) is 4.79 Å². The molecule has 3 rings (SSSR count). The molecule has 0 aliphatic heterocycles. The maximum Gasteiger partial charge on any atom is 0.251 e. The van der Waals surface area contributed by atoms with E-state index in [4.69, 9.17) is 4.74 Å². The fraction of sp³-hybridized carbons (Fsp3) is 0.158. The van der Waals surface area contributed by atoms with Gasteiger partial charge in [-0.2, -0.15) is 5.10 Å². The van der Waals surface area contributed by atoms with Crippen LogP contribution in [0, 0.1) is 0 Å². The number of carbonyl (C=O) groups is 1. The maximum absolute atomic E-state index is 12.1. The zero-order valence-corrected chi connectivity index (χ0v) is 15.1. The standard InChI is InChI=1S/C19H18BrN3O2/c20-17-9-5-4-8-16(17)12-23-18(10-11-21-23)22-19(24)14-25-13-15-6-2-1-3-7-15/h1-11H,12-14H2,(H,22,24). The van der Waals surface area contributed by atoms with E-state index in [-0.39, 0.29) is 12.5 Å². The number of hydrogen-bond donors (Lipinski definition) is 1. The summed E-state index contributed by atoms with van der Waals surface area (Å²) in [6.45, 7) is 0.967. The van der Waals surface area contributed by atoms with Gasteiger partial charge in [-0.25, -0.2) is 4.68 Å². The molecule has 0 saturated heterocycles. The Kier molecular flexibility index (Phi) is 5.98. The topological polar surface area (TPSA) is 56.1 Å². The molecule has 0 spiro atoms. The van der Waals surface area contributed by atoms with Gasteiger partial charge >= 0.3 is 0 Å². The summed E-state index contributed by atoms with van der Waals surface area (Å²) in [4.78, 5) is 12.1. The highest BCUT2D eigenvalue weighted by atomic mass is 79.9. The van der Waals surface area contributed by atoms with E-state index >= 15 is 0 Å². The fourth-order valence-corrected chi connectivity index (χ4v) is 2.78. The van der Waals surface area contributed by atoms with Crippen LogP contribution in [0.15, 0.2) is 71.3 Å². The van der Waals surface area contributed by atoms with Crippen LogP contribution in [0.5, 0.6) is 0 Å². The van der Waals surface area contributed by atoms with Crippen LogP contribution in [0.1, 0.15) is 11.1 Å². The highest BCUT2D eigenvalue weighted by Gasteiger charge is 2.09. The number of hydrogen-bond acceptors (Lipinski definition) is 3. The summed E-state index contributed by atoms with van der Waals surface area (Å²) in [7, 11) is 0. The average molecular weight is 400 g/mol. The van der Waals surface area contributed by atoms with Gasteiger partial charge in [0.25, 0.3) is 5.91 Å². The third kappa shape index (κ3) is 5.01. The molecule has 0 aliphatic rings. The second-order valence-electron chi connectivity index (χ2n) is 5.49. The lowest BCUT2D eigenvalue weighted by molar-refractivity contribution is -0.121. The Bertz CT molecular complexity index is 833. The number of halogens is 1. The van der Waals surface area contributed by atoms with Gasteiger partial charge in [-0.05, 0) is 17.2 Å². The van der Waals surface area contributed by atoms with Crippen molar-refractivity contribution in [2.45, 2.75) is 13.2 Å². The fourth-order valence-electron chi connectivity index (χ4n) is 2.37. The summed E-state index contributed by atoms with van der Waals surface area (Å²) in [5.74, 6) is 0.439. The Hall–Kier alpha value is -2.44. The van der Waals surface area contributed by atoms with Crippen molar-refractivity contribution in [1.29, 1.82) is 0 Å². The average Bonchev–Trinajstić information content (AvgIpc) is 3.04. The predicted molar refractivity (Wildman–Crippen MR) is 100 cm³/mol. The smallest absolute Gasteiger partial charge is 0.251 e. The molecule has 0 fully saturated rings. The first kappa shape index (κ1) is 17.4. The van der Waals surface area contributed by atoms with Crippen molar-refractivity contribution >= 4 is 27.7 Å². The summed E-state index contributed by atoms with van der Waals surface area (Å²) in [6, 6.07) is 19.5. The monoisotopic (exact) mass is 399 g/mol. The van der Waals surface area contributed by atoms with Crippen LogP contribution in [-0.4, -0.2) is 22.3 Å². The summed E-state index contributed by atoms with van der Waals surface area (Å²) >= 11 is 3.53. The normalized spacial score (nSPS) is 10.6. The Morgan fingerprint density at radius 1 is 1.08 bits per heavy atom. The van der Waals surface area contributed by atoms with E-state index in [1.54, 1.807) is 16.9 Å². The molecule has 6 heteroatoms. The molecule has 1 heterocycles. The largest absolute Gasteiger partial charge is 0.367 e. The summed E-state index contributed by atoms with van der Waals surface area (Å²) < 4.78 is 8.21. The third-order valence-corrected chi connectivity index (χ3v) is 4.38. The maximum atomic E-state index is 12.1. The van der Waals surface area contributed by atoms with Gasteiger partial charge in [0, 0.05) is 10.5 Å². The Morgan fingerprint density at radius 3 is 2.64 bits per heavy atom. The van der Waals surface area contributed by atoms with Crippen molar-refractivity contribution in [3.63, 3.8) is 0 Å². The Morgan fingerprint density at radius 2 is 1.84 bits per heavy atom. The lowest BCUT2D eigenvalue weighted by Crippen LogP contribution is -2.20. The lowest BCUT2D eigenvalue weighted by Gasteiger charge is -2.10. The van der Waals surface area contributed by atoms with Gasteiger partial charge in [0.2, 0.25) is 0 Å². The van der Waals surface area contributed by atoms with E-state index in [1.807, 2.05) is 54.6 Å². The van der Waals surface area contributed by atoms with Gasteiger partial charge in [-0.15, -0.1) is 0 Å². The number of nitrogens with zero attached hydrogens (tertiary/aromatic N) is 2. The molecule has 25 heavy (non-hydrogen) atoms. The summed E-state index contributed by atoms with van der Waals surface area (Å²) in [6.07, 6.45) is 1.66. The highest BCUT2D eigenvalue weighted by molar-refractivity contribution is 9.10. The molecular weight excluding hydrogens is 382 g/mol. The van der Waals surface area contributed by atoms with Crippen molar-refractivity contribution in [2.75, 3.05) is 11.9 Å². The van der Waals surface area contributed by atoms with Gasteiger partial charge in [0.1, 0.15) is 12.4 Å². The number of benzene rings is 2. The Labute approximate surface area is 154 Å². The number of aromatic nitrogens is 2. The summed E-state index contributed by atoms with van der Waals surface area (Å²) in [5, 5.41) is 7.11. The number of anilines is 1. The zero-order chi connectivity index (χ0) is 17.5. The number of nitrogens with one attached hydrogen (secondary N) is 1. The third-order valence-electron chi connectivity index (χ3n) is 3.61. The first-order valence-electron chi connectivity index (χ1n) is 7.89. The molecule has 0 aliphatic carbocycles. The molecule has 3 aromatic rings. The van der Waals surface area contributed by atoms with Crippen LogP contribution >= 0.6 is 15.9 Å². The van der Waals surface area contributed by atoms with Gasteiger partial charge in [-0.1, -0.05) is 64.5 Å². The van der Waals surface area contributed by atoms with Crippen LogP contribution in [0.4, 0.5) is 5.82 Å². The first-order chi connectivity index (χ1) is 12.2. The molecule has 0 atom stereocenters. The number of ether oxygens (including phenoxy) is 1. The number of rotatable bonds is 7. The SMILES string of the molecule is O=C(COCc1ccccc1)Nc1ccnn1Cc1ccccc1Br. The molecule has 2 aromatic carbocycles. The molecule has 1 amide bonds. The molecule has 5 nitrogen and oxygen atoms in total. The van der Waals surface area contributed by atoms with Crippen LogP contribution < -0.4 is 5.32 Å². The van der Waals surface area contributed by atoms with Crippen molar-refractivity contribution in [1.82, 2.24) is 9.78 Å². The molecule has 128 valence electrons. The van der Waals surface area contributed by atoms with E-state index in [0.29, 0.717) is 19.0 Å². The van der Waals surface area contributed by atoms with Gasteiger partial charge in [-0.3, -0.25) is 4.79 Å². The molecule has 1 aromatic heterocycles. The van der Waals surface area contributed by atoms with Crippen molar-refractivity contribution in [3.8, 4) is 0 Å². The second-order valence-corrected chi connectivity index (χ2v) is 6.35. The van der Waals surface area contributed by atoms with E-state index in [2.05, 4.69) is 26.3 Å². The van der Waals surface area contributed by atoms with Gasteiger partial charge < -0.3 is 10.1 Å². The van der Waals surface area contributed by atoms with Crippen LogP contribution in [-0.2, 0) is 22.7 Å². The molecule has 1 N–H and O–H groups in total. The Balaban J connectivity index is 1.54. The minimum atomic E-state index is -0.204. The number of carbonyl (C=O) groups excluding carboxylic acids is 1. The minimum absolute atomic E-state index is 0.00486. The van der Waals surface area contributed by atoms with Gasteiger partial charge in [0.15, 0.2) is 0 Å². The van der Waals surface area contributed by atoms with Gasteiger partial charge in [0.05, 0.1) is 19.3 Å². The van der Waals surface area contributed by atoms with Crippen LogP contribution in [0.2, 0.25) is 0 Å². The molecule has 0 bridgehead atoms. The van der Waals surface area contributed by atoms with Crippen LogP contribution in [0.3, 0.4) is 0 Å². The molecular formula is C19H18BrN3O2. The van der Waals surface area contributed by atoms with Crippen molar-refractivity contribution in [2.24, 2.45) is 0 Å². The molecule has 0 saturated carbocycles. The molecule has 0 radical (unpaired) electrons. The van der Waals surface area contributed by atoms with E-state index in [1.165, 1.54) is 0 Å². The number of amides is 1. The van der Waals surface area contributed by atoms with E-state index < -0.39 is 0 Å². The first-order valence-corrected chi connectivity index (χ1v) is 8.68.